The first-order valence-electron chi connectivity index (χ1n) is 10.2. The number of rotatable bonds is 6. The molecule has 28 heavy (non-hydrogen) atoms. The summed E-state index contributed by atoms with van der Waals surface area (Å²) in [6.45, 7) is 6.68. The first-order chi connectivity index (χ1) is 13.8. The van der Waals surface area contributed by atoms with Crippen LogP contribution in [0, 0.1) is 6.07 Å². The fraction of sp³-hybridized carbons (Fsp3) is 0.478. The highest BCUT2D eigenvalue weighted by Crippen LogP contribution is 2.22. The normalized spacial score (nSPS) is 22.2. The molecule has 2 aliphatic heterocycles. The van der Waals surface area contributed by atoms with Crippen LogP contribution in [-0.4, -0.2) is 61.3 Å². The van der Waals surface area contributed by atoms with E-state index in [0.717, 1.165) is 50.1 Å². The zero-order valence-electron chi connectivity index (χ0n) is 16.2. The van der Waals surface area contributed by atoms with Gasteiger partial charge >= 0.3 is 0 Å². The molecule has 0 N–H and O–H groups in total. The van der Waals surface area contributed by atoms with E-state index in [1.165, 1.54) is 18.4 Å². The van der Waals surface area contributed by atoms with Crippen LogP contribution in [0.3, 0.4) is 0 Å². The average molecular weight is 400 g/mol. The molecule has 1 atom stereocenters. The predicted octanol–water partition coefficient (Wildman–Crippen LogP) is 3.88. The van der Waals surface area contributed by atoms with Crippen LogP contribution in [0.1, 0.15) is 18.4 Å². The first-order valence-corrected chi connectivity index (χ1v) is 10.6. The van der Waals surface area contributed by atoms with Gasteiger partial charge in [0.1, 0.15) is 18.5 Å². The third-order valence-electron chi connectivity index (χ3n) is 5.68. The monoisotopic (exact) mass is 399 g/mol. The van der Waals surface area contributed by atoms with Crippen molar-refractivity contribution in [1.29, 1.82) is 0 Å². The molecule has 5 heteroatoms. The van der Waals surface area contributed by atoms with Crippen molar-refractivity contribution in [2.45, 2.75) is 31.5 Å². The van der Waals surface area contributed by atoms with Gasteiger partial charge in [0, 0.05) is 30.7 Å². The molecule has 2 fully saturated rings. The van der Waals surface area contributed by atoms with Crippen LogP contribution in [0.5, 0.6) is 5.75 Å². The van der Waals surface area contributed by atoms with Gasteiger partial charge < -0.3 is 9.47 Å². The van der Waals surface area contributed by atoms with Crippen LogP contribution in [0.15, 0.2) is 48.5 Å². The summed E-state index contributed by atoms with van der Waals surface area (Å²) in [5.41, 5.74) is 1.34. The van der Waals surface area contributed by atoms with Crippen LogP contribution in [-0.2, 0) is 11.3 Å². The molecule has 0 saturated carbocycles. The van der Waals surface area contributed by atoms with Gasteiger partial charge in [0.05, 0.1) is 6.61 Å². The van der Waals surface area contributed by atoms with Crippen molar-refractivity contribution in [1.82, 2.24) is 9.80 Å². The molecule has 149 valence electrons. The molecule has 4 rings (SSSR count). The van der Waals surface area contributed by atoms with Gasteiger partial charge in [-0.2, -0.15) is 0 Å². The van der Waals surface area contributed by atoms with E-state index in [0.29, 0.717) is 12.6 Å². The zero-order chi connectivity index (χ0) is 19.2. The molecule has 1 radical (unpaired) electrons. The van der Waals surface area contributed by atoms with Gasteiger partial charge in [-0.05, 0) is 61.8 Å². The molecule has 2 heterocycles. The maximum atomic E-state index is 5.99. The van der Waals surface area contributed by atoms with Crippen molar-refractivity contribution >= 4 is 11.6 Å². The maximum absolute atomic E-state index is 5.99. The number of morpholine rings is 1. The van der Waals surface area contributed by atoms with Crippen LogP contribution in [0.4, 0.5) is 0 Å². The minimum absolute atomic E-state index is 0.140. The van der Waals surface area contributed by atoms with Crippen molar-refractivity contribution in [2.24, 2.45) is 0 Å². The van der Waals surface area contributed by atoms with Crippen LogP contribution >= 0.6 is 11.6 Å². The molecule has 0 spiro atoms. The van der Waals surface area contributed by atoms with Gasteiger partial charge in [-0.15, -0.1) is 0 Å². The summed E-state index contributed by atoms with van der Waals surface area (Å²) in [6, 6.07) is 19.6. The second-order valence-corrected chi connectivity index (χ2v) is 8.11. The summed E-state index contributed by atoms with van der Waals surface area (Å²) in [5.74, 6) is 0.860. The highest BCUT2D eigenvalue weighted by Gasteiger charge is 2.29. The third-order valence-corrected chi connectivity index (χ3v) is 5.93. The van der Waals surface area contributed by atoms with Crippen LogP contribution < -0.4 is 4.74 Å². The standard InChI is InChI=1S/C23H28ClN2O2/c24-20-8-6-19(7-9-20)16-25-12-10-21(11-13-25)26-14-15-27-23(17-26)18-28-22-4-2-1-3-5-22/h1-2,4-9,21,23H,10-18H2. The summed E-state index contributed by atoms with van der Waals surface area (Å²) in [5, 5.41) is 0.804. The second kappa shape index (κ2) is 9.75. The van der Waals surface area contributed by atoms with Crippen LogP contribution in [0.25, 0.3) is 0 Å². The molecule has 0 aromatic heterocycles. The Labute approximate surface area is 173 Å². The van der Waals surface area contributed by atoms with Gasteiger partial charge in [-0.25, -0.2) is 0 Å². The third kappa shape index (κ3) is 5.48. The van der Waals surface area contributed by atoms with E-state index in [9.17, 15) is 0 Å². The fourth-order valence-electron chi connectivity index (χ4n) is 4.12. The minimum Gasteiger partial charge on any atom is -0.491 e. The Balaban J connectivity index is 1.22. The van der Waals surface area contributed by atoms with Gasteiger partial charge in [-0.1, -0.05) is 35.9 Å². The van der Waals surface area contributed by atoms with E-state index in [1.807, 2.05) is 36.4 Å². The largest absolute Gasteiger partial charge is 0.491 e. The van der Waals surface area contributed by atoms with E-state index in [-0.39, 0.29) is 6.10 Å². The Morgan fingerprint density at radius 3 is 2.68 bits per heavy atom. The van der Waals surface area contributed by atoms with E-state index in [1.54, 1.807) is 0 Å². The summed E-state index contributed by atoms with van der Waals surface area (Å²) in [4.78, 5) is 5.15. The van der Waals surface area contributed by atoms with Crippen molar-refractivity contribution < 1.29 is 9.47 Å². The quantitative estimate of drug-likeness (QED) is 0.735. The number of hydrogen-bond acceptors (Lipinski definition) is 4. The molecular weight excluding hydrogens is 372 g/mol. The topological polar surface area (TPSA) is 24.9 Å². The number of piperidine rings is 1. The Kier molecular flexibility index (Phi) is 6.86. The highest BCUT2D eigenvalue weighted by molar-refractivity contribution is 6.30. The lowest BCUT2D eigenvalue weighted by atomic mass is 10.0. The molecule has 2 saturated heterocycles. The lowest BCUT2D eigenvalue weighted by Gasteiger charge is -2.42. The van der Waals surface area contributed by atoms with E-state index < -0.39 is 0 Å². The number of likely N-dealkylation sites (tertiary alicyclic amines) is 1. The van der Waals surface area contributed by atoms with Gasteiger partial charge in [0.15, 0.2) is 0 Å². The molecule has 4 nitrogen and oxygen atoms in total. The van der Waals surface area contributed by atoms with E-state index in [4.69, 9.17) is 21.1 Å². The Bertz CT molecular complexity index is 717. The summed E-state index contributed by atoms with van der Waals surface area (Å²) in [6.07, 6.45) is 2.57. The van der Waals surface area contributed by atoms with Crippen molar-refractivity contribution in [3.8, 4) is 5.75 Å². The maximum Gasteiger partial charge on any atom is 0.120 e. The Morgan fingerprint density at radius 1 is 1.11 bits per heavy atom. The predicted molar refractivity (Wildman–Crippen MR) is 112 cm³/mol. The van der Waals surface area contributed by atoms with Crippen LogP contribution in [0.2, 0.25) is 5.02 Å². The fourth-order valence-corrected chi connectivity index (χ4v) is 4.25. The molecule has 1 unspecified atom stereocenters. The summed E-state index contributed by atoms with van der Waals surface area (Å²) < 4.78 is 11.8. The smallest absolute Gasteiger partial charge is 0.120 e. The Hall–Kier alpha value is -1.59. The van der Waals surface area contributed by atoms with Gasteiger partial charge in [0.2, 0.25) is 0 Å². The average Bonchev–Trinajstić information content (AvgIpc) is 2.75. The molecular formula is C23H28ClN2O2. The number of hydrogen-bond donors (Lipinski definition) is 0. The van der Waals surface area contributed by atoms with Crippen molar-refractivity contribution in [2.75, 3.05) is 39.4 Å². The SMILES string of the molecule is Clc1ccc(CN2CCC(N3CCOC(COc4c[c]ccc4)C3)CC2)cc1. The Morgan fingerprint density at radius 2 is 1.93 bits per heavy atom. The molecule has 0 aliphatic carbocycles. The summed E-state index contributed by atoms with van der Waals surface area (Å²) in [7, 11) is 0. The zero-order valence-corrected chi connectivity index (χ0v) is 17.0. The number of halogens is 1. The number of ether oxygens (including phenoxy) is 2. The van der Waals surface area contributed by atoms with Crippen molar-refractivity contribution in [3.63, 3.8) is 0 Å². The highest BCUT2D eigenvalue weighted by atomic mass is 35.5. The molecule has 0 amide bonds. The molecule has 2 aromatic carbocycles. The molecule has 2 aromatic rings. The number of nitrogens with zero attached hydrogens (tertiary/aromatic N) is 2. The molecule has 0 bridgehead atoms. The summed E-state index contributed by atoms with van der Waals surface area (Å²) >= 11 is 5.99. The lowest BCUT2D eigenvalue weighted by molar-refractivity contribution is -0.0674. The number of benzene rings is 2. The second-order valence-electron chi connectivity index (χ2n) is 7.67. The molecule has 2 aliphatic rings. The van der Waals surface area contributed by atoms with Gasteiger partial charge in [0.25, 0.3) is 0 Å². The minimum atomic E-state index is 0.140. The van der Waals surface area contributed by atoms with Gasteiger partial charge in [-0.3, -0.25) is 9.80 Å². The first kappa shape index (κ1) is 19.7. The van der Waals surface area contributed by atoms with E-state index in [2.05, 4.69) is 28.0 Å². The van der Waals surface area contributed by atoms with E-state index >= 15 is 0 Å². The lowest BCUT2D eigenvalue weighted by Crippen LogP contribution is -2.52. The van der Waals surface area contributed by atoms with Crippen molar-refractivity contribution in [3.05, 3.63) is 65.2 Å².